The Labute approximate surface area is 147 Å². The zero-order chi connectivity index (χ0) is 17.6. The fourth-order valence-corrected chi connectivity index (χ4v) is 2.47. The van der Waals surface area contributed by atoms with Crippen molar-refractivity contribution < 1.29 is 9.53 Å². The van der Waals surface area contributed by atoms with Crippen molar-refractivity contribution in [1.29, 1.82) is 0 Å². The van der Waals surface area contributed by atoms with E-state index in [0.717, 1.165) is 48.3 Å². The molecule has 0 aliphatic carbocycles. The van der Waals surface area contributed by atoms with E-state index in [9.17, 15) is 4.79 Å². The SMILES string of the molecule is CC(=O)N(N)c1ccc(C#Cc2ccc(N3CCOCC3)nc2)cc1. The molecule has 1 saturated heterocycles. The lowest BCUT2D eigenvalue weighted by Gasteiger charge is -2.27. The third-order valence-corrected chi connectivity index (χ3v) is 3.92. The number of amides is 1. The largest absolute Gasteiger partial charge is 0.378 e. The molecule has 0 atom stereocenters. The molecule has 0 bridgehead atoms. The molecule has 2 N–H and O–H groups in total. The molecule has 3 rings (SSSR count). The number of carbonyl (C=O) groups excluding carboxylic acids is 1. The van der Waals surface area contributed by atoms with Crippen molar-refractivity contribution in [2.75, 3.05) is 36.2 Å². The molecule has 6 heteroatoms. The number of hydrazine groups is 1. The topological polar surface area (TPSA) is 71.7 Å². The summed E-state index contributed by atoms with van der Waals surface area (Å²) in [6, 6.07) is 11.2. The minimum atomic E-state index is -0.217. The molecule has 0 saturated carbocycles. The zero-order valence-corrected chi connectivity index (χ0v) is 14.1. The van der Waals surface area contributed by atoms with Crippen LogP contribution in [0.2, 0.25) is 0 Å². The van der Waals surface area contributed by atoms with Crippen LogP contribution in [-0.4, -0.2) is 37.2 Å². The average molecular weight is 336 g/mol. The van der Waals surface area contributed by atoms with Crippen LogP contribution in [0, 0.1) is 11.8 Å². The van der Waals surface area contributed by atoms with Gasteiger partial charge in [-0.05, 0) is 36.4 Å². The normalized spacial score (nSPS) is 13.8. The van der Waals surface area contributed by atoms with Gasteiger partial charge in [0, 0.05) is 37.3 Å². The minimum Gasteiger partial charge on any atom is -0.378 e. The number of anilines is 2. The van der Waals surface area contributed by atoms with E-state index in [1.165, 1.54) is 6.92 Å². The molecule has 1 aliphatic heterocycles. The summed E-state index contributed by atoms with van der Waals surface area (Å²) in [5, 5.41) is 1.10. The Morgan fingerprint density at radius 3 is 2.36 bits per heavy atom. The van der Waals surface area contributed by atoms with Gasteiger partial charge in [0.25, 0.3) is 0 Å². The van der Waals surface area contributed by atoms with Gasteiger partial charge in [-0.25, -0.2) is 15.8 Å². The van der Waals surface area contributed by atoms with Gasteiger partial charge in [0.1, 0.15) is 5.82 Å². The number of ether oxygens (including phenoxy) is 1. The third kappa shape index (κ3) is 4.35. The molecule has 2 aromatic rings. The van der Waals surface area contributed by atoms with Gasteiger partial charge in [-0.3, -0.25) is 4.79 Å². The van der Waals surface area contributed by atoms with Crippen molar-refractivity contribution in [3.05, 3.63) is 53.7 Å². The van der Waals surface area contributed by atoms with Crippen LogP contribution < -0.4 is 15.8 Å². The van der Waals surface area contributed by atoms with E-state index in [2.05, 4.69) is 21.7 Å². The second-order valence-corrected chi connectivity index (χ2v) is 5.69. The fraction of sp³-hybridized carbons (Fsp3) is 0.263. The number of morpholine rings is 1. The number of nitrogens with two attached hydrogens (primary N) is 1. The number of hydrogen-bond acceptors (Lipinski definition) is 5. The van der Waals surface area contributed by atoms with Gasteiger partial charge >= 0.3 is 0 Å². The summed E-state index contributed by atoms with van der Waals surface area (Å²) in [5.41, 5.74) is 2.33. The van der Waals surface area contributed by atoms with Gasteiger partial charge < -0.3 is 9.64 Å². The first-order chi connectivity index (χ1) is 12.1. The van der Waals surface area contributed by atoms with E-state index in [0.29, 0.717) is 5.69 Å². The molecule has 1 aromatic heterocycles. The quantitative estimate of drug-likeness (QED) is 0.390. The molecule has 0 radical (unpaired) electrons. The lowest BCUT2D eigenvalue weighted by atomic mass is 10.2. The van der Waals surface area contributed by atoms with Crippen LogP contribution >= 0.6 is 0 Å². The number of carbonyl (C=O) groups is 1. The zero-order valence-electron chi connectivity index (χ0n) is 14.1. The van der Waals surface area contributed by atoms with Crippen LogP contribution in [0.3, 0.4) is 0 Å². The summed E-state index contributed by atoms with van der Waals surface area (Å²) in [5.74, 6) is 12.6. The summed E-state index contributed by atoms with van der Waals surface area (Å²) >= 11 is 0. The maximum Gasteiger partial charge on any atom is 0.238 e. The molecule has 25 heavy (non-hydrogen) atoms. The van der Waals surface area contributed by atoms with Gasteiger partial charge in [-0.15, -0.1) is 0 Å². The lowest BCUT2D eigenvalue weighted by molar-refractivity contribution is -0.116. The highest BCUT2D eigenvalue weighted by molar-refractivity contribution is 5.90. The maximum atomic E-state index is 11.2. The Kier molecular flexibility index (Phi) is 5.29. The predicted octanol–water partition coefficient (Wildman–Crippen LogP) is 1.54. The number of benzene rings is 1. The second-order valence-electron chi connectivity index (χ2n) is 5.69. The van der Waals surface area contributed by atoms with E-state index in [1.807, 2.05) is 24.3 Å². The number of aromatic nitrogens is 1. The van der Waals surface area contributed by atoms with Crippen LogP contribution in [0.4, 0.5) is 11.5 Å². The van der Waals surface area contributed by atoms with E-state index >= 15 is 0 Å². The summed E-state index contributed by atoms with van der Waals surface area (Å²) in [6.45, 7) is 4.62. The van der Waals surface area contributed by atoms with E-state index in [1.54, 1.807) is 18.3 Å². The van der Waals surface area contributed by atoms with Crippen LogP contribution in [0.5, 0.6) is 0 Å². The van der Waals surface area contributed by atoms with Crippen LogP contribution in [0.25, 0.3) is 0 Å². The molecule has 6 nitrogen and oxygen atoms in total. The van der Waals surface area contributed by atoms with E-state index < -0.39 is 0 Å². The van der Waals surface area contributed by atoms with Gasteiger partial charge in [0.05, 0.1) is 18.9 Å². The summed E-state index contributed by atoms with van der Waals surface area (Å²) in [7, 11) is 0. The van der Waals surface area contributed by atoms with Crippen molar-refractivity contribution in [2.24, 2.45) is 5.84 Å². The number of pyridine rings is 1. The van der Waals surface area contributed by atoms with Crippen molar-refractivity contribution >= 4 is 17.4 Å². The molecule has 0 spiro atoms. The van der Waals surface area contributed by atoms with Crippen LogP contribution in [-0.2, 0) is 9.53 Å². The molecule has 0 unspecified atom stereocenters. The third-order valence-electron chi connectivity index (χ3n) is 3.92. The molecule has 1 fully saturated rings. The molecule has 1 amide bonds. The second kappa shape index (κ2) is 7.79. The summed E-state index contributed by atoms with van der Waals surface area (Å²) in [4.78, 5) is 17.9. The predicted molar refractivity (Wildman–Crippen MR) is 97.0 cm³/mol. The number of nitrogens with zero attached hydrogens (tertiary/aromatic N) is 3. The van der Waals surface area contributed by atoms with Crippen molar-refractivity contribution in [1.82, 2.24) is 4.98 Å². The molecule has 128 valence electrons. The molecular formula is C19H20N4O2. The Morgan fingerprint density at radius 2 is 1.76 bits per heavy atom. The number of hydrogen-bond donors (Lipinski definition) is 1. The van der Waals surface area contributed by atoms with Crippen molar-refractivity contribution in [3.63, 3.8) is 0 Å². The molecular weight excluding hydrogens is 316 g/mol. The van der Waals surface area contributed by atoms with Gasteiger partial charge in [0.2, 0.25) is 5.91 Å². The molecule has 1 aromatic carbocycles. The highest BCUT2D eigenvalue weighted by Crippen LogP contribution is 2.14. The highest BCUT2D eigenvalue weighted by atomic mass is 16.5. The van der Waals surface area contributed by atoms with Crippen LogP contribution in [0.1, 0.15) is 18.1 Å². The summed E-state index contributed by atoms with van der Waals surface area (Å²) < 4.78 is 5.35. The maximum absolute atomic E-state index is 11.2. The lowest BCUT2D eigenvalue weighted by Crippen LogP contribution is -2.36. The number of rotatable bonds is 2. The Bertz CT molecular complexity index is 785. The first-order valence-electron chi connectivity index (χ1n) is 8.10. The Hall–Kier alpha value is -2.88. The monoisotopic (exact) mass is 336 g/mol. The van der Waals surface area contributed by atoms with Crippen molar-refractivity contribution in [2.45, 2.75) is 6.92 Å². The van der Waals surface area contributed by atoms with Crippen LogP contribution in [0.15, 0.2) is 42.6 Å². The Morgan fingerprint density at radius 1 is 1.12 bits per heavy atom. The standard InChI is InChI=1S/C19H20N4O2/c1-15(24)23(20)18-7-4-16(5-8-18)2-3-17-6-9-19(21-14-17)22-10-12-25-13-11-22/h4-9,14H,10-13,20H2,1H3. The first kappa shape index (κ1) is 17.0. The first-order valence-corrected chi connectivity index (χ1v) is 8.10. The molecule has 1 aliphatic rings. The van der Waals surface area contributed by atoms with Crippen molar-refractivity contribution in [3.8, 4) is 11.8 Å². The Balaban J connectivity index is 1.67. The van der Waals surface area contributed by atoms with Gasteiger partial charge in [0.15, 0.2) is 0 Å². The smallest absolute Gasteiger partial charge is 0.238 e. The fourth-order valence-electron chi connectivity index (χ4n) is 2.47. The highest BCUT2D eigenvalue weighted by Gasteiger charge is 2.11. The van der Waals surface area contributed by atoms with Gasteiger partial charge in [-0.2, -0.15) is 0 Å². The molecule has 2 heterocycles. The average Bonchev–Trinajstić information content (AvgIpc) is 2.67. The summed E-state index contributed by atoms with van der Waals surface area (Å²) in [6.07, 6.45) is 1.78. The minimum absolute atomic E-state index is 0.217. The van der Waals surface area contributed by atoms with E-state index in [4.69, 9.17) is 10.6 Å². The van der Waals surface area contributed by atoms with E-state index in [-0.39, 0.29) is 5.91 Å². The van der Waals surface area contributed by atoms with Gasteiger partial charge in [-0.1, -0.05) is 11.8 Å².